The van der Waals surface area contributed by atoms with E-state index in [1.165, 1.54) is 38.5 Å². The molecule has 4 rings (SSSR count). The number of ether oxygens (including phenoxy) is 2. The quantitative estimate of drug-likeness (QED) is 0.595. The second kappa shape index (κ2) is 7.42. The molecule has 152 valence electrons. The highest BCUT2D eigenvalue weighted by molar-refractivity contribution is 7.92. The minimum atomic E-state index is -3.87. The number of hydrogen-bond donors (Lipinski definition) is 0. The summed E-state index contributed by atoms with van der Waals surface area (Å²) in [4.78, 5) is 25.0. The second-order valence-corrected chi connectivity index (χ2v) is 8.83. The lowest BCUT2D eigenvalue weighted by atomic mass is 9.96. The van der Waals surface area contributed by atoms with E-state index in [1.807, 2.05) is 0 Å². The van der Waals surface area contributed by atoms with E-state index in [1.54, 1.807) is 42.5 Å². The van der Waals surface area contributed by atoms with Crippen LogP contribution in [-0.4, -0.2) is 34.6 Å². The van der Waals surface area contributed by atoms with E-state index in [4.69, 9.17) is 9.47 Å². The molecule has 0 saturated carbocycles. The van der Waals surface area contributed by atoms with Crippen molar-refractivity contribution in [3.63, 3.8) is 0 Å². The number of hydrogen-bond acceptors (Lipinski definition) is 6. The van der Waals surface area contributed by atoms with Crippen LogP contribution >= 0.6 is 0 Å². The lowest BCUT2D eigenvalue weighted by Gasteiger charge is -2.16. The molecule has 30 heavy (non-hydrogen) atoms. The SMILES string of the molecule is COC(=O)c1cc(C(=O)OC)c2c(c1)C(S(=O)(=O)c1ccccc1)c1ccccc1-2. The van der Waals surface area contributed by atoms with Gasteiger partial charge in [0.05, 0.1) is 30.2 Å². The molecule has 0 fully saturated rings. The van der Waals surface area contributed by atoms with E-state index < -0.39 is 27.0 Å². The van der Waals surface area contributed by atoms with Gasteiger partial charge in [-0.05, 0) is 41.0 Å². The standard InChI is InChI=1S/C23H18O6S/c1-28-22(24)14-12-18-20(19(13-14)23(25)29-2)16-10-6-7-11-17(16)21(18)30(26,27)15-8-4-3-5-9-15/h3-13,21H,1-2H3. The Morgan fingerprint density at radius 2 is 1.43 bits per heavy atom. The van der Waals surface area contributed by atoms with Crippen molar-refractivity contribution in [2.75, 3.05) is 14.2 Å². The molecular weight excluding hydrogens is 404 g/mol. The summed E-state index contributed by atoms with van der Waals surface area (Å²) < 4.78 is 37.0. The predicted octanol–water partition coefficient (Wildman–Crippen LogP) is 3.80. The van der Waals surface area contributed by atoms with Gasteiger partial charge in [-0.3, -0.25) is 0 Å². The molecule has 0 heterocycles. The van der Waals surface area contributed by atoms with E-state index in [0.717, 1.165) is 0 Å². The second-order valence-electron chi connectivity index (χ2n) is 6.80. The Hall–Kier alpha value is -3.45. The zero-order valence-corrected chi connectivity index (χ0v) is 17.1. The van der Waals surface area contributed by atoms with Gasteiger partial charge in [0.2, 0.25) is 0 Å². The Morgan fingerprint density at radius 3 is 2.10 bits per heavy atom. The maximum Gasteiger partial charge on any atom is 0.338 e. The Bertz CT molecular complexity index is 1260. The zero-order valence-electron chi connectivity index (χ0n) is 16.3. The largest absolute Gasteiger partial charge is 0.465 e. The first-order chi connectivity index (χ1) is 14.4. The molecule has 0 N–H and O–H groups in total. The highest BCUT2D eigenvalue weighted by Crippen LogP contribution is 2.51. The predicted molar refractivity (Wildman–Crippen MR) is 110 cm³/mol. The van der Waals surface area contributed by atoms with Crippen LogP contribution < -0.4 is 0 Å². The van der Waals surface area contributed by atoms with Crippen molar-refractivity contribution in [2.24, 2.45) is 0 Å². The van der Waals surface area contributed by atoms with Crippen LogP contribution in [0.5, 0.6) is 0 Å². The number of benzene rings is 3. The van der Waals surface area contributed by atoms with Gasteiger partial charge in [0.25, 0.3) is 0 Å². The third-order valence-corrected chi connectivity index (χ3v) is 7.23. The maximum absolute atomic E-state index is 13.6. The highest BCUT2D eigenvalue weighted by atomic mass is 32.2. The fraction of sp³-hybridized carbons (Fsp3) is 0.130. The molecule has 0 aromatic heterocycles. The summed E-state index contributed by atoms with van der Waals surface area (Å²) in [5.41, 5.74) is 2.17. The molecular formula is C23H18O6S. The van der Waals surface area contributed by atoms with E-state index in [9.17, 15) is 18.0 Å². The maximum atomic E-state index is 13.6. The van der Waals surface area contributed by atoms with Crippen molar-refractivity contribution in [1.29, 1.82) is 0 Å². The fourth-order valence-electron chi connectivity index (χ4n) is 3.88. The first-order valence-corrected chi connectivity index (χ1v) is 10.7. The summed E-state index contributed by atoms with van der Waals surface area (Å²) in [5, 5.41) is -1.07. The molecule has 3 aromatic carbocycles. The van der Waals surface area contributed by atoms with Crippen molar-refractivity contribution >= 4 is 21.8 Å². The number of methoxy groups -OCH3 is 2. The molecule has 0 saturated heterocycles. The van der Waals surface area contributed by atoms with Crippen LogP contribution in [0.25, 0.3) is 11.1 Å². The number of carbonyl (C=O) groups excluding carboxylic acids is 2. The topological polar surface area (TPSA) is 86.7 Å². The number of carbonyl (C=O) groups is 2. The molecule has 7 heteroatoms. The monoisotopic (exact) mass is 422 g/mol. The molecule has 1 aliphatic rings. The van der Waals surface area contributed by atoms with Gasteiger partial charge in [-0.15, -0.1) is 0 Å². The Balaban J connectivity index is 2.07. The average Bonchev–Trinajstić information content (AvgIpc) is 3.13. The molecule has 3 aromatic rings. The molecule has 1 atom stereocenters. The minimum Gasteiger partial charge on any atom is -0.465 e. The van der Waals surface area contributed by atoms with E-state index >= 15 is 0 Å². The van der Waals surface area contributed by atoms with Crippen molar-refractivity contribution in [2.45, 2.75) is 10.1 Å². The van der Waals surface area contributed by atoms with Crippen LogP contribution in [0.2, 0.25) is 0 Å². The van der Waals surface area contributed by atoms with Gasteiger partial charge in [-0.25, -0.2) is 18.0 Å². The van der Waals surface area contributed by atoms with Gasteiger partial charge in [-0.1, -0.05) is 42.5 Å². The first-order valence-electron chi connectivity index (χ1n) is 9.13. The lowest BCUT2D eigenvalue weighted by molar-refractivity contribution is 0.0599. The van der Waals surface area contributed by atoms with Gasteiger partial charge in [0.15, 0.2) is 9.84 Å². The van der Waals surface area contributed by atoms with Gasteiger partial charge in [0, 0.05) is 5.56 Å². The Morgan fingerprint density at radius 1 is 0.800 bits per heavy atom. The van der Waals surface area contributed by atoms with Crippen LogP contribution in [0.15, 0.2) is 71.6 Å². The Labute approximate surface area is 174 Å². The molecule has 0 spiro atoms. The normalized spacial score (nSPS) is 14.5. The molecule has 0 aliphatic heterocycles. The molecule has 0 amide bonds. The van der Waals surface area contributed by atoms with Crippen molar-refractivity contribution < 1.29 is 27.5 Å². The summed E-state index contributed by atoms with van der Waals surface area (Å²) in [7, 11) is -1.41. The third kappa shape index (κ3) is 2.98. The van der Waals surface area contributed by atoms with Gasteiger partial charge in [0.1, 0.15) is 5.25 Å². The zero-order chi connectivity index (χ0) is 21.5. The molecule has 1 unspecified atom stereocenters. The van der Waals surface area contributed by atoms with Crippen LogP contribution in [0.4, 0.5) is 0 Å². The molecule has 0 bridgehead atoms. The molecule has 6 nitrogen and oxygen atoms in total. The summed E-state index contributed by atoms with van der Waals surface area (Å²) in [6.45, 7) is 0. The van der Waals surface area contributed by atoms with Crippen molar-refractivity contribution in [3.8, 4) is 11.1 Å². The smallest absolute Gasteiger partial charge is 0.338 e. The number of esters is 2. The van der Waals surface area contributed by atoms with Crippen molar-refractivity contribution in [1.82, 2.24) is 0 Å². The molecule has 1 aliphatic carbocycles. The van der Waals surface area contributed by atoms with Crippen LogP contribution in [-0.2, 0) is 19.3 Å². The molecule has 0 radical (unpaired) electrons. The summed E-state index contributed by atoms with van der Waals surface area (Å²) in [5.74, 6) is -1.33. The Kier molecular flexibility index (Phi) is 4.91. The van der Waals surface area contributed by atoms with E-state index in [0.29, 0.717) is 22.3 Å². The summed E-state index contributed by atoms with van der Waals surface area (Å²) in [6, 6.07) is 18.0. The number of rotatable bonds is 4. The summed E-state index contributed by atoms with van der Waals surface area (Å²) in [6.07, 6.45) is 0. The minimum absolute atomic E-state index is 0.0812. The summed E-state index contributed by atoms with van der Waals surface area (Å²) >= 11 is 0. The fourth-order valence-corrected chi connectivity index (χ4v) is 5.75. The van der Waals surface area contributed by atoms with E-state index in [-0.39, 0.29) is 16.0 Å². The highest BCUT2D eigenvalue weighted by Gasteiger charge is 2.41. The van der Waals surface area contributed by atoms with E-state index in [2.05, 4.69) is 0 Å². The van der Waals surface area contributed by atoms with Gasteiger partial charge in [-0.2, -0.15) is 0 Å². The van der Waals surface area contributed by atoms with Crippen LogP contribution in [0.1, 0.15) is 37.1 Å². The van der Waals surface area contributed by atoms with Crippen LogP contribution in [0.3, 0.4) is 0 Å². The average molecular weight is 422 g/mol. The van der Waals surface area contributed by atoms with Gasteiger partial charge >= 0.3 is 11.9 Å². The van der Waals surface area contributed by atoms with Crippen molar-refractivity contribution in [3.05, 3.63) is 89.0 Å². The number of fused-ring (bicyclic) bond motifs is 3. The number of sulfone groups is 1. The lowest BCUT2D eigenvalue weighted by Crippen LogP contribution is -2.15. The van der Waals surface area contributed by atoms with Crippen LogP contribution in [0, 0.1) is 0 Å². The van der Waals surface area contributed by atoms with Gasteiger partial charge < -0.3 is 9.47 Å². The third-order valence-electron chi connectivity index (χ3n) is 5.17. The first kappa shape index (κ1) is 19.8.